The predicted octanol–water partition coefficient (Wildman–Crippen LogP) is 5.36. The zero-order valence-electron chi connectivity index (χ0n) is 14.0. The molecule has 130 valence electrons. The van der Waals surface area contributed by atoms with Gasteiger partial charge >= 0.3 is 0 Å². The van der Waals surface area contributed by atoms with Gasteiger partial charge in [-0.2, -0.15) is 0 Å². The number of benzene rings is 2. The van der Waals surface area contributed by atoms with Crippen LogP contribution < -0.4 is 5.32 Å². The number of fused-ring (bicyclic) bond motifs is 3. The van der Waals surface area contributed by atoms with Gasteiger partial charge in [0.1, 0.15) is 5.69 Å². The topological polar surface area (TPSA) is 68.0 Å². The number of anilines is 1. The highest BCUT2D eigenvalue weighted by Gasteiger charge is 2.16. The molecule has 5 nitrogen and oxygen atoms in total. The van der Waals surface area contributed by atoms with Gasteiger partial charge in [0.05, 0.1) is 17.3 Å². The second kappa shape index (κ2) is 6.34. The van der Waals surface area contributed by atoms with Crippen molar-refractivity contribution < 1.29 is 9.21 Å². The molecule has 1 amide bonds. The molecule has 0 aliphatic carbocycles. The summed E-state index contributed by atoms with van der Waals surface area (Å²) < 4.78 is 5.35. The number of nitrogens with one attached hydrogen (secondary N) is 1. The number of carbonyl (C=O) groups is 1. The summed E-state index contributed by atoms with van der Waals surface area (Å²) in [5.74, 6) is 0.439. The molecule has 0 fully saturated rings. The Morgan fingerprint density at radius 1 is 1.04 bits per heavy atom. The predicted molar refractivity (Wildman–Crippen MR) is 107 cm³/mol. The molecule has 27 heavy (non-hydrogen) atoms. The number of amides is 1. The van der Waals surface area contributed by atoms with E-state index in [1.165, 1.54) is 11.3 Å². The molecule has 0 saturated heterocycles. The lowest BCUT2D eigenvalue weighted by Crippen LogP contribution is -2.12. The van der Waals surface area contributed by atoms with Crippen molar-refractivity contribution >= 4 is 44.1 Å². The summed E-state index contributed by atoms with van der Waals surface area (Å²) in [6.07, 6.45) is 3.30. The van der Waals surface area contributed by atoms with Gasteiger partial charge in [0.2, 0.25) is 0 Å². The Kier molecular flexibility index (Phi) is 3.69. The maximum atomic E-state index is 13.0. The van der Waals surface area contributed by atoms with E-state index in [0.717, 1.165) is 16.2 Å². The van der Waals surface area contributed by atoms with Crippen LogP contribution in [-0.4, -0.2) is 15.9 Å². The minimum absolute atomic E-state index is 0.232. The van der Waals surface area contributed by atoms with E-state index in [-0.39, 0.29) is 5.91 Å². The van der Waals surface area contributed by atoms with Crippen molar-refractivity contribution in [1.29, 1.82) is 0 Å². The van der Waals surface area contributed by atoms with Crippen molar-refractivity contribution in [3.8, 4) is 11.5 Å². The van der Waals surface area contributed by atoms with Gasteiger partial charge in [-0.15, -0.1) is 11.3 Å². The molecule has 0 saturated carbocycles. The van der Waals surface area contributed by atoms with Gasteiger partial charge in [-0.25, -0.2) is 4.98 Å². The number of pyridine rings is 1. The van der Waals surface area contributed by atoms with Crippen LogP contribution in [0, 0.1) is 0 Å². The van der Waals surface area contributed by atoms with Crippen molar-refractivity contribution in [1.82, 2.24) is 9.97 Å². The summed E-state index contributed by atoms with van der Waals surface area (Å²) in [4.78, 5) is 21.8. The number of hydrogen-bond acceptors (Lipinski definition) is 5. The summed E-state index contributed by atoms with van der Waals surface area (Å²) in [6.45, 7) is 0. The fourth-order valence-electron chi connectivity index (χ4n) is 3.14. The molecule has 2 aromatic carbocycles. The van der Waals surface area contributed by atoms with Crippen LogP contribution in [0.4, 0.5) is 5.13 Å². The summed E-state index contributed by atoms with van der Waals surface area (Å²) in [6, 6.07) is 17.4. The summed E-state index contributed by atoms with van der Waals surface area (Å²) in [5.41, 5.74) is 1.90. The van der Waals surface area contributed by atoms with Crippen molar-refractivity contribution in [2.45, 2.75) is 0 Å². The minimum atomic E-state index is -0.232. The van der Waals surface area contributed by atoms with Gasteiger partial charge < -0.3 is 4.42 Å². The third-order valence-electron chi connectivity index (χ3n) is 4.36. The molecular weight excluding hydrogens is 358 g/mol. The molecule has 3 aromatic heterocycles. The third kappa shape index (κ3) is 2.76. The van der Waals surface area contributed by atoms with Crippen molar-refractivity contribution in [2.75, 3.05) is 5.32 Å². The second-order valence-electron chi connectivity index (χ2n) is 6.01. The number of rotatable bonds is 3. The molecular formula is C21H13N3O2S. The van der Waals surface area contributed by atoms with Gasteiger partial charge in [0, 0.05) is 17.0 Å². The van der Waals surface area contributed by atoms with E-state index in [1.807, 2.05) is 53.9 Å². The van der Waals surface area contributed by atoms with E-state index in [2.05, 4.69) is 15.3 Å². The van der Waals surface area contributed by atoms with Crippen LogP contribution >= 0.6 is 11.3 Å². The monoisotopic (exact) mass is 371 g/mol. The summed E-state index contributed by atoms with van der Waals surface area (Å²) in [7, 11) is 0. The number of hydrogen-bond donors (Lipinski definition) is 1. The maximum absolute atomic E-state index is 13.0. The highest BCUT2D eigenvalue weighted by molar-refractivity contribution is 7.14. The van der Waals surface area contributed by atoms with Crippen LogP contribution in [0.5, 0.6) is 0 Å². The number of thiazole rings is 1. The Bertz CT molecular complexity index is 1280. The Morgan fingerprint density at radius 3 is 2.81 bits per heavy atom. The Morgan fingerprint density at radius 2 is 1.93 bits per heavy atom. The molecule has 0 bridgehead atoms. The van der Waals surface area contributed by atoms with Crippen LogP contribution in [-0.2, 0) is 0 Å². The van der Waals surface area contributed by atoms with Gasteiger partial charge in [0.15, 0.2) is 10.9 Å². The summed E-state index contributed by atoms with van der Waals surface area (Å²) >= 11 is 1.36. The molecule has 5 aromatic rings. The molecule has 5 rings (SSSR count). The van der Waals surface area contributed by atoms with Gasteiger partial charge in [-0.05, 0) is 35.0 Å². The van der Waals surface area contributed by atoms with Crippen LogP contribution in [0.2, 0.25) is 0 Å². The van der Waals surface area contributed by atoms with Gasteiger partial charge in [-0.3, -0.25) is 15.1 Å². The fraction of sp³-hybridized carbons (Fsp3) is 0. The van der Waals surface area contributed by atoms with Gasteiger partial charge in [-0.1, -0.05) is 30.3 Å². The normalized spacial score (nSPS) is 11.1. The highest BCUT2D eigenvalue weighted by atomic mass is 32.1. The molecule has 6 heteroatoms. The molecule has 0 radical (unpaired) electrons. The van der Waals surface area contributed by atoms with E-state index in [9.17, 15) is 4.79 Å². The van der Waals surface area contributed by atoms with Gasteiger partial charge in [0.25, 0.3) is 5.91 Å². The lowest BCUT2D eigenvalue weighted by Gasteiger charge is -2.09. The largest absolute Gasteiger partial charge is 0.463 e. The smallest absolute Gasteiger partial charge is 0.259 e. The van der Waals surface area contributed by atoms with Crippen molar-refractivity contribution in [2.24, 2.45) is 0 Å². The maximum Gasteiger partial charge on any atom is 0.259 e. The first kappa shape index (κ1) is 15.7. The molecule has 0 spiro atoms. The van der Waals surface area contributed by atoms with Crippen molar-refractivity contribution in [3.63, 3.8) is 0 Å². The second-order valence-corrected chi connectivity index (χ2v) is 6.87. The molecule has 1 N–H and O–H groups in total. The molecule has 3 heterocycles. The van der Waals surface area contributed by atoms with E-state index < -0.39 is 0 Å². The SMILES string of the molecule is O=C(Nc1nc(-c2ccco2)cs1)c1cc2ccccc2c2cccnc12. The van der Waals surface area contributed by atoms with Crippen LogP contribution in [0.15, 0.2) is 76.9 Å². The minimum Gasteiger partial charge on any atom is -0.463 e. The Labute approximate surface area is 158 Å². The Balaban J connectivity index is 1.55. The third-order valence-corrected chi connectivity index (χ3v) is 5.11. The standard InChI is InChI=1S/C21H13N3O2S/c25-20(24-21-23-17(12-27-21)18-8-4-10-26-18)16-11-13-5-1-2-6-14(13)15-7-3-9-22-19(15)16/h1-12H,(H,23,24,25). The number of nitrogens with zero attached hydrogens (tertiary/aromatic N) is 2. The van der Waals surface area contributed by atoms with Crippen LogP contribution in [0.1, 0.15) is 10.4 Å². The summed E-state index contributed by atoms with van der Waals surface area (Å²) in [5, 5.41) is 8.28. The number of aromatic nitrogens is 2. The van der Waals surface area contributed by atoms with Crippen molar-refractivity contribution in [3.05, 3.63) is 78.0 Å². The molecule has 0 atom stereocenters. The average molecular weight is 371 g/mol. The zero-order chi connectivity index (χ0) is 18.2. The fourth-order valence-corrected chi connectivity index (χ4v) is 3.83. The number of carbonyl (C=O) groups excluding carboxylic acids is 1. The number of furan rings is 1. The first-order valence-corrected chi connectivity index (χ1v) is 9.25. The van der Waals surface area contributed by atoms with E-state index >= 15 is 0 Å². The first-order valence-electron chi connectivity index (χ1n) is 8.37. The van der Waals surface area contributed by atoms with E-state index in [4.69, 9.17) is 4.42 Å². The lowest BCUT2D eigenvalue weighted by atomic mass is 10.0. The molecule has 0 aliphatic rings. The average Bonchev–Trinajstić information content (AvgIpc) is 3.39. The van der Waals surface area contributed by atoms with Crippen LogP contribution in [0.25, 0.3) is 33.1 Å². The van der Waals surface area contributed by atoms with E-state index in [1.54, 1.807) is 18.5 Å². The van der Waals surface area contributed by atoms with Crippen LogP contribution in [0.3, 0.4) is 0 Å². The highest BCUT2D eigenvalue weighted by Crippen LogP contribution is 2.29. The Hall–Kier alpha value is -3.51. The van der Waals surface area contributed by atoms with E-state index in [0.29, 0.717) is 27.7 Å². The first-order chi connectivity index (χ1) is 13.3. The lowest BCUT2D eigenvalue weighted by molar-refractivity contribution is 0.102. The zero-order valence-corrected chi connectivity index (χ0v) is 14.9. The molecule has 0 unspecified atom stereocenters. The quantitative estimate of drug-likeness (QED) is 0.434. The molecule has 0 aliphatic heterocycles.